The predicted octanol–water partition coefficient (Wildman–Crippen LogP) is 2.40. The maximum absolute atomic E-state index is 5.85. The van der Waals surface area contributed by atoms with E-state index in [4.69, 9.17) is 12.2 Å². The van der Waals surface area contributed by atoms with Gasteiger partial charge >= 0.3 is 0 Å². The molecule has 1 aromatic rings. The van der Waals surface area contributed by atoms with Crippen LogP contribution in [0.25, 0.3) is 0 Å². The second-order valence-corrected chi connectivity index (χ2v) is 3.04. The van der Waals surface area contributed by atoms with Crippen molar-refractivity contribution in [3.8, 4) is 12.3 Å². The van der Waals surface area contributed by atoms with E-state index in [1.54, 1.807) is 0 Å². The van der Waals surface area contributed by atoms with Crippen LogP contribution in [0.1, 0.15) is 24.5 Å². The zero-order chi connectivity index (χ0) is 9.68. The van der Waals surface area contributed by atoms with Crippen LogP contribution >= 0.6 is 0 Å². The average Bonchev–Trinajstić information content (AvgIpc) is 2.15. The minimum absolute atomic E-state index is 0.788. The standard InChI is InChI=1S/C12H15N/c1-3-5-7-10-8-6-9-12(13)11(10)4-2/h1,6,8-9H,4-5,7,13H2,2H3. The summed E-state index contributed by atoms with van der Waals surface area (Å²) in [5.74, 6) is 2.65. The Bertz CT molecular complexity index is 320. The van der Waals surface area contributed by atoms with Crippen molar-refractivity contribution in [1.29, 1.82) is 0 Å². The molecule has 1 nitrogen and oxygen atoms in total. The summed E-state index contributed by atoms with van der Waals surface area (Å²) in [5, 5.41) is 0. The molecule has 0 saturated heterocycles. The fourth-order valence-corrected chi connectivity index (χ4v) is 1.53. The maximum Gasteiger partial charge on any atom is 0.0349 e. The molecule has 0 fully saturated rings. The molecule has 1 rings (SSSR count). The van der Waals surface area contributed by atoms with Gasteiger partial charge in [0.1, 0.15) is 0 Å². The van der Waals surface area contributed by atoms with E-state index in [2.05, 4.69) is 18.9 Å². The van der Waals surface area contributed by atoms with E-state index in [0.717, 1.165) is 24.9 Å². The van der Waals surface area contributed by atoms with Gasteiger partial charge in [-0.05, 0) is 30.0 Å². The molecule has 2 N–H and O–H groups in total. The van der Waals surface area contributed by atoms with Crippen molar-refractivity contribution in [1.82, 2.24) is 0 Å². The first-order valence-corrected chi connectivity index (χ1v) is 4.59. The Morgan fingerprint density at radius 2 is 2.23 bits per heavy atom. The number of hydrogen-bond acceptors (Lipinski definition) is 1. The summed E-state index contributed by atoms with van der Waals surface area (Å²) in [7, 11) is 0. The molecule has 0 spiro atoms. The Hall–Kier alpha value is -1.42. The Morgan fingerprint density at radius 1 is 1.46 bits per heavy atom. The van der Waals surface area contributed by atoms with Crippen molar-refractivity contribution in [2.75, 3.05) is 5.73 Å². The normalized spacial score (nSPS) is 9.54. The lowest BCUT2D eigenvalue weighted by Crippen LogP contribution is -1.98. The fraction of sp³-hybridized carbons (Fsp3) is 0.333. The highest BCUT2D eigenvalue weighted by Crippen LogP contribution is 2.18. The van der Waals surface area contributed by atoms with Crippen LogP contribution in [-0.4, -0.2) is 0 Å². The first-order chi connectivity index (χ1) is 6.29. The van der Waals surface area contributed by atoms with Crippen LogP contribution in [0, 0.1) is 12.3 Å². The van der Waals surface area contributed by atoms with E-state index in [9.17, 15) is 0 Å². The Labute approximate surface area is 80.0 Å². The monoisotopic (exact) mass is 173 g/mol. The van der Waals surface area contributed by atoms with Gasteiger partial charge in [-0.2, -0.15) is 0 Å². The maximum atomic E-state index is 5.85. The number of nitrogens with two attached hydrogens (primary N) is 1. The summed E-state index contributed by atoms with van der Waals surface area (Å²) in [6.07, 6.45) is 7.93. The lowest BCUT2D eigenvalue weighted by molar-refractivity contribution is 0.982. The van der Waals surface area contributed by atoms with Crippen LogP contribution in [0.2, 0.25) is 0 Å². The molecule has 0 aliphatic rings. The molecule has 0 unspecified atom stereocenters. The van der Waals surface area contributed by atoms with Crippen molar-refractivity contribution in [2.24, 2.45) is 0 Å². The Morgan fingerprint density at radius 3 is 2.85 bits per heavy atom. The second-order valence-electron chi connectivity index (χ2n) is 3.04. The molecule has 0 aromatic heterocycles. The highest BCUT2D eigenvalue weighted by molar-refractivity contribution is 5.51. The Balaban J connectivity index is 2.93. The Kier molecular flexibility index (Phi) is 3.40. The third kappa shape index (κ3) is 2.26. The largest absolute Gasteiger partial charge is 0.398 e. The molecule has 0 heterocycles. The molecular formula is C12H15N. The van der Waals surface area contributed by atoms with Gasteiger partial charge in [0.05, 0.1) is 0 Å². The van der Waals surface area contributed by atoms with Crippen molar-refractivity contribution in [2.45, 2.75) is 26.2 Å². The number of aryl methyl sites for hydroxylation is 1. The molecule has 1 aromatic carbocycles. The summed E-state index contributed by atoms with van der Waals surface area (Å²) >= 11 is 0. The van der Waals surface area contributed by atoms with Crippen LogP contribution in [0.3, 0.4) is 0 Å². The number of rotatable bonds is 3. The van der Waals surface area contributed by atoms with Crippen LogP contribution in [0.15, 0.2) is 18.2 Å². The van der Waals surface area contributed by atoms with Crippen LogP contribution in [0.5, 0.6) is 0 Å². The summed E-state index contributed by atoms with van der Waals surface area (Å²) < 4.78 is 0. The molecule has 0 bridgehead atoms. The molecule has 0 saturated carbocycles. The van der Waals surface area contributed by atoms with Gasteiger partial charge in [-0.25, -0.2) is 0 Å². The number of nitrogen functional groups attached to an aromatic ring is 1. The molecule has 68 valence electrons. The molecule has 13 heavy (non-hydrogen) atoms. The fourth-order valence-electron chi connectivity index (χ4n) is 1.53. The highest BCUT2D eigenvalue weighted by Gasteiger charge is 2.02. The van der Waals surface area contributed by atoms with Gasteiger partial charge in [-0.15, -0.1) is 12.3 Å². The molecule has 0 aliphatic heterocycles. The van der Waals surface area contributed by atoms with Crippen LogP contribution < -0.4 is 5.73 Å². The number of benzene rings is 1. The average molecular weight is 173 g/mol. The summed E-state index contributed by atoms with van der Waals surface area (Å²) in [6.45, 7) is 2.12. The van der Waals surface area contributed by atoms with Crippen molar-refractivity contribution < 1.29 is 0 Å². The summed E-state index contributed by atoms with van der Waals surface area (Å²) in [5.41, 5.74) is 9.28. The summed E-state index contributed by atoms with van der Waals surface area (Å²) in [4.78, 5) is 0. The third-order valence-corrected chi connectivity index (χ3v) is 2.20. The second kappa shape index (κ2) is 4.57. The zero-order valence-electron chi connectivity index (χ0n) is 8.01. The topological polar surface area (TPSA) is 26.0 Å². The summed E-state index contributed by atoms with van der Waals surface area (Å²) in [6, 6.07) is 6.03. The number of anilines is 1. The first-order valence-electron chi connectivity index (χ1n) is 4.59. The molecule has 0 amide bonds. The van der Waals surface area contributed by atoms with Crippen LogP contribution in [0.4, 0.5) is 5.69 Å². The van der Waals surface area contributed by atoms with E-state index in [-0.39, 0.29) is 0 Å². The molecule has 0 aliphatic carbocycles. The molecule has 0 atom stereocenters. The predicted molar refractivity (Wildman–Crippen MR) is 57.4 cm³/mol. The molecule has 0 radical (unpaired) electrons. The van der Waals surface area contributed by atoms with E-state index >= 15 is 0 Å². The van der Waals surface area contributed by atoms with Gasteiger partial charge in [-0.3, -0.25) is 0 Å². The van der Waals surface area contributed by atoms with Gasteiger partial charge in [0.15, 0.2) is 0 Å². The van der Waals surface area contributed by atoms with Crippen molar-refractivity contribution in [3.05, 3.63) is 29.3 Å². The van der Waals surface area contributed by atoms with Crippen molar-refractivity contribution in [3.63, 3.8) is 0 Å². The molecular weight excluding hydrogens is 158 g/mol. The minimum atomic E-state index is 0.788. The number of terminal acetylenes is 1. The molecule has 1 heteroatoms. The van der Waals surface area contributed by atoms with Crippen molar-refractivity contribution >= 4 is 5.69 Å². The van der Waals surface area contributed by atoms with Gasteiger partial charge in [0.2, 0.25) is 0 Å². The number of hydrogen-bond donors (Lipinski definition) is 1. The SMILES string of the molecule is C#CCCc1cccc(N)c1CC. The van der Waals surface area contributed by atoms with Gasteiger partial charge < -0.3 is 5.73 Å². The first kappa shape index (κ1) is 9.67. The highest BCUT2D eigenvalue weighted by atomic mass is 14.6. The van der Waals surface area contributed by atoms with Gasteiger partial charge in [0.25, 0.3) is 0 Å². The van der Waals surface area contributed by atoms with Crippen LogP contribution in [-0.2, 0) is 12.8 Å². The van der Waals surface area contributed by atoms with E-state index < -0.39 is 0 Å². The lowest BCUT2D eigenvalue weighted by Gasteiger charge is -2.08. The van der Waals surface area contributed by atoms with E-state index in [0.29, 0.717) is 0 Å². The van der Waals surface area contributed by atoms with E-state index in [1.165, 1.54) is 11.1 Å². The van der Waals surface area contributed by atoms with Gasteiger partial charge in [0, 0.05) is 12.1 Å². The smallest absolute Gasteiger partial charge is 0.0349 e. The minimum Gasteiger partial charge on any atom is -0.398 e. The van der Waals surface area contributed by atoms with Gasteiger partial charge in [-0.1, -0.05) is 19.1 Å². The quantitative estimate of drug-likeness (QED) is 0.551. The lowest BCUT2D eigenvalue weighted by atomic mass is 9.99. The van der Waals surface area contributed by atoms with E-state index in [1.807, 2.05) is 12.1 Å². The zero-order valence-corrected chi connectivity index (χ0v) is 8.01. The third-order valence-electron chi connectivity index (χ3n) is 2.20.